The number of aromatic hydroxyl groups is 2. The number of benzene rings is 2. The van der Waals surface area contributed by atoms with Gasteiger partial charge >= 0.3 is 0 Å². The third-order valence-corrected chi connectivity index (χ3v) is 7.70. The Labute approximate surface area is 245 Å². The molecule has 2 saturated heterocycles. The Morgan fingerprint density at radius 2 is 1.53 bits per heavy atom. The maximum Gasteiger partial charge on any atom is 0.229 e. The average molecular weight is 611 g/mol. The highest BCUT2D eigenvalue weighted by atomic mass is 16.7. The molecular weight excluding hydrogens is 576 g/mol. The lowest BCUT2D eigenvalue weighted by Gasteiger charge is -2.42. The van der Waals surface area contributed by atoms with Gasteiger partial charge < -0.3 is 69.3 Å². The number of carbonyl (C=O) groups excluding carboxylic acids is 1. The second-order valence-electron chi connectivity index (χ2n) is 10.6. The second kappa shape index (κ2) is 12.4. The van der Waals surface area contributed by atoms with Gasteiger partial charge in [0.1, 0.15) is 71.6 Å². The number of aliphatic hydroxyl groups excluding tert-OH is 6. The number of rotatable bonds is 7. The molecule has 5 rings (SSSR count). The van der Waals surface area contributed by atoms with Gasteiger partial charge in [-0.1, -0.05) is 6.07 Å². The second-order valence-corrected chi connectivity index (χ2v) is 10.6. The van der Waals surface area contributed by atoms with Gasteiger partial charge in [-0.15, -0.1) is 0 Å². The molecule has 8 N–H and O–H groups in total. The summed E-state index contributed by atoms with van der Waals surface area (Å²) in [5.41, 5.74) is 0.373. The van der Waals surface area contributed by atoms with Crippen LogP contribution >= 0.6 is 0 Å². The first kappa shape index (κ1) is 31.2. The number of ether oxygens (including phenoxy) is 6. The van der Waals surface area contributed by atoms with Crippen LogP contribution in [0.5, 0.6) is 28.7 Å². The molecule has 3 aliphatic rings. The molecule has 2 fully saturated rings. The fourth-order valence-corrected chi connectivity index (χ4v) is 5.20. The zero-order valence-electron chi connectivity index (χ0n) is 23.1. The zero-order chi connectivity index (χ0) is 31.2. The Bertz CT molecular complexity index is 1320. The maximum absolute atomic E-state index is 12.9. The van der Waals surface area contributed by atoms with Crippen LogP contribution in [0.15, 0.2) is 30.3 Å². The van der Waals surface area contributed by atoms with Crippen molar-refractivity contribution >= 4 is 5.78 Å². The summed E-state index contributed by atoms with van der Waals surface area (Å²) in [4.78, 5) is 12.9. The monoisotopic (exact) mass is 610 g/mol. The molecule has 236 valence electrons. The van der Waals surface area contributed by atoms with Crippen LogP contribution in [0, 0.1) is 0 Å². The van der Waals surface area contributed by atoms with E-state index < -0.39 is 85.7 Å². The van der Waals surface area contributed by atoms with E-state index in [1.165, 1.54) is 32.2 Å². The first-order chi connectivity index (χ1) is 20.4. The van der Waals surface area contributed by atoms with Gasteiger partial charge in [0.2, 0.25) is 6.29 Å². The number of methoxy groups -OCH3 is 1. The molecule has 0 aromatic heterocycles. The molecule has 0 aliphatic carbocycles. The highest BCUT2D eigenvalue weighted by Crippen LogP contribution is 2.43. The van der Waals surface area contributed by atoms with Gasteiger partial charge in [0.05, 0.1) is 26.2 Å². The van der Waals surface area contributed by atoms with E-state index in [1.807, 2.05) is 0 Å². The van der Waals surface area contributed by atoms with Gasteiger partial charge in [-0.3, -0.25) is 4.79 Å². The van der Waals surface area contributed by atoms with Crippen molar-refractivity contribution in [1.29, 1.82) is 0 Å². The molecule has 0 bridgehead atoms. The highest BCUT2D eigenvalue weighted by molar-refractivity contribution is 6.02. The molecule has 3 heterocycles. The number of hydrogen-bond donors (Lipinski definition) is 8. The van der Waals surface area contributed by atoms with Crippen LogP contribution in [0.1, 0.15) is 35.4 Å². The number of aliphatic hydroxyl groups is 6. The molecule has 2 aromatic rings. The first-order valence-corrected chi connectivity index (χ1v) is 13.5. The number of phenolic OH excluding ortho intramolecular Hbond substituents is 2. The molecule has 2 aromatic carbocycles. The summed E-state index contributed by atoms with van der Waals surface area (Å²) in [7, 11) is 1.39. The quantitative estimate of drug-likeness (QED) is 0.185. The molecule has 0 radical (unpaired) electrons. The van der Waals surface area contributed by atoms with E-state index in [0.717, 1.165) is 6.07 Å². The Balaban J connectivity index is 1.30. The number of carbonyl (C=O) groups is 1. The minimum atomic E-state index is -1.77. The van der Waals surface area contributed by atoms with E-state index in [9.17, 15) is 45.6 Å². The number of Topliss-reactive ketones (excluding diaryl/α,β-unsaturated/α-hetero) is 1. The first-order valence-electron chi connectivity index (χ1n) is 13.5. The van der Waals surface area contributed by atoms with Crippen molar-refractivity contribution < 1.29 is 74.1 Å². The lowest BCUT2D eigenvalue weighted by molar-refractivity contribution is -0.318. The standard InChI is InChI=1S/C28H34O15/c1-10-21(32)23(34)25(36)27(40-10)39-9-19-22(33)24(35)26(37)28(43-19)41-12-6-14(30)20-15(31)8-17(42-18(20)7-12)11-3-4-16(38-2)13(29)5-11/h3-7,10,17,19,21-30,32-37H,8-9H2,1-2H3/t10-,17+,19-,21+,22+,23+,24-,25+,26+,27-,28-/m1/s1. The van der Waals surface area contributed by atoms with E-state index >= 15 is 0 Å². The van der Waals surface area contributed by atoms with Crippen LogP contribution in [-0.2, 0) is 14.2 Å². The third-order valence-electron chi connectivity index (χ3n) is 7.70. The van der Waals surface area contributed by atoms with E-state index in [1.54, 1.807) is 6.07 Å². The summed E-state index contributed by atoms with van der Waals surface area (Å²) in [5, 5.41) is 82.2. The molecule has 0 spiro atoms. The van der Waals surface area contributed by atoms with Crippen LogP contribution in [-0.4, -0.2) is 122 Å². The lowest BCUT2D eigenvalue weighted by atomic mass is 9.95. The van der Waals surface area contributed by atoms with Crippen LogP contribution in [0.4, 0.5) is 0 Å². The number of phenols is 2. The molecule has 0 amide bonds. The molecule has 0 unspecified atom stereocenters. The fraction of sp³-hybridized carbons (Fsp3) is 0.536. The van der Waals surface area contributed by atoms with Crippen LogP contribution in [0.2, 0.25) is 0 Å². The minimum Gasteiger partial charge on any atom is -0.507 e. The Morgan fingerprint density at radius 3 is 2.23 bits per heavy atom. The van der Waals surface area contributed by atoms with Gasteiger partial charge in [0, 0.05) is 12.1 Å². The average Bonchev–Trinajstić information content (AvgIpc) is 2.97. The summed E-state index contributed by atoms with van der Waals surface area (Å²) in [6, 6.07) is 6.90. The van der Waals surface area contributed by atoms with Gasteiger partial charge in [-0.25, -0.2) is 0 Å². The van der Waals surface area contributed by atoms with Gasteiger partial charge in [-0.05, 0) is 24.6 Å². The predicted octanol–water partition coefficient (Wildman–Crippen LogP) is -1.16. The Morgan fingerprint density at radius 1 is 0.837 bits per heavy atom. The van der Waals surface area contributed by atoms with Gasteiger partial charge in [0.25, 0.3) is 0 Å². The van der Waals surface area contributed by atoms with Crippen molar-refractivity contribution in [3.63, 3.8) is 0 Å². The minimum absolute atomic E-state index is 0.0457. The van der Waals surface area contributed by atoms with E-state index in [2.05, 4.69) is 0 Å². The molecule has 15 heteroatoms. The van der Waals surface area contributed by atoms with Crippen molar-refractivity contribution in [2.45, 2.75) is 80.9 Å². The molecular formula is C28H34O15. The third kappa shape index (κ3) is 6.08. The molecule has 3 aliphatic heterocycles. The smallest absolute Gasteiger partial charge is 0.229 e. The zero-order valence-corrected chi connectivity index (χ0v) is 23.1. The van der Waals surface area contributed by atoms with Crippen molar-refractivity contribution in [2.24, 2.45) is 0 Å². The Hall–Kier alpha value is -3.25. The summed E-state index contributed by atoms with van der Waals surface area (Å²) in [5.74, 6) is -0.999. The summed E-state index contributed by atoms with van der Waals surface area (Å²) >= 11 is 0. The summed E-state index contributed by atoms with van der Waals surface area (Å²) in [6.45, 7) is 0.964. The summed E-state index contributed by atoms with van der Waals surface area (Å²) < 4.78 is 33.1. The number of hydrogen-bond acceptors (Lipinski definition) is 15. The van der Waals surface area contributed by atoms with Crippen LogP contribution in [0.25, 0.3) is 0 Å². The summed E-state index contributed by atoms with van der Waals surface area (Å²) in [6.07, 6.45) is -15.9. The van der Waals surface area contributed by atoms with Crippen LogP contribution < -0.4 is 14.2 Å². The lowest BCUT2D eigenvalue weighted by Crippen LogP contribution is -2.61. The normalized spacial score (nSPS) is 36.0. The molecule has 15 nitrogen and oxygen atoms in total. The van der Waals surface area contributed by atoms with Crippen molar-refractivity contribution in [3.05, 3.63) is 41.5 Å². The number of fused-ring (bicyclic) bond motifs is 1. The van der Waals surface area contributed by atoms with E-state index in [4.69, 9.17) is 28.4 Å². The van der Waals surface area contributed by atoms with Crippen LogP contribution in [0.3, 0.4) is 0 Å². The topological polar surface area (TPSA) is 234 Å². The molecule has 43 heavy (non-hydrogen) atoms. The highest BCUT2D eigenvalue weighted by Gasteiger charge is 2.47. The van der Waals surface area contributed by atoms with E-state index in [-0.39, 0.29) is 35.0 Å². The molecule has 0 saturated carbocycles. The van der Waals surface area contributed by atoms with Gasteiger partial charge in [0.15, 0.2) is 23.6 Å². The largest absolute Gasteiger partial charge is 0.507 e. The fourth-order valence-electron chi connectivity index (χ4n) is 5.20. The van der Waals surface area contributed by atoms with Crippen molar-refractivity contribution in [3.8, 4) is 28.7 Å². The SMILES string of the molecule is COc1ccc([C@@H]2CC(=O)c3c(O)cc(O[C@@H]4O[C@H](CO[C@@H]5O[C@H](C)[C@H](O)[C@H](O)[C@@H]5O)[C@H](O)[C@@H](O)[C@@H]4O)cc3O2)cc1O. The molecule has 11 atom stereocenters. The number of ketones is 1. The van der Waals surface area contributed by atoms with Crippen molar-refractivity contribution in [1.82, 2.24) is 0 Å². The Kier molecular flexibility index (Phi) is 8.99. The predicted molar refractivity (Wildman–Crippen MR) is 141 cm³/mol. The van der Waals surface area contributed by atoms with Crippen molar-refractivity contribution in [2.75, 3.05) is 13.7 Å². The maximum atomic E-state index is 12.9. The van der Waals surface area contributed by atoms with E-state index in [0.29, 0.717) is 5.56 Å². The van der Waals surface area contributed by atoms with Gasteiger partial charge in [-0.2, -0.15) is 0 Å².